The second-order valence-electron chi connectivity index (χ2n) is 4.63. The predicted molar refractivity (Wildman–Crippen MR) is 79.4 cm³/mol. The van der Waals surface area contributed by atoms with Gasteiger partial charge in [0.25, 0.3) is 0 Å². The summed E-state index contributed by atoms with van der Waals surface area (Å²) >= 11 is 1.75. The molecule has 0 bridgehead atoms. The Morgan fingerprint density at radius 2 is 2.21 bits per heavy atom. The van der Waals surface area contributed by atoms with Crippen molar-refractivity contribution in [2.75, 3.05) is 39.7 Å². The van der Waals surface area contributed by atoms with E-state index in [2.05, 4.69) is 27.5 Å². The molecule has 0 aromatic heterocycles. The first-order chi connectivity index (χ1) is 9.33. The van der Waals surface area contributed by atoms with E-state index in [1.165, 1.54) is 0 Å². The van der Waals surface area contributed by atoms with Crippen LogP contribution in [0.3, 0.4) is 0 Å². The van der Waals surface area contributed by atoms with Gasteiger partial charge in [0.05, 0.1) is 19.3 Å². The van der Waals surface area contributed by atoms with Crippen molar-refractivity contribution in [1.82, 2.24) is 10.2 Å². The molecule has 1 unspecified atom stereocenters. The predicted octanol–water partition coefficient (Wildman–Crippen LogP) is 1.28. The number of hydrogen-bond acceptors (Lipinski definition) is 6. The van der Waals surface area contributed by atoms with Gasteiger partial charge in [-0.25, -0.2) is 4.99 Å². The van der Waals surface area contributed by atoms with Gasteiger partial charge in [0.15, 0.2) is 5.96 Å². The number of guanidine groups is 1. The van der Waals surface area contributed by atoms with Crippen LogP contribution in [0.2, 0.25) is 0 Å². The van der Waals surface area contributed by atoms with Crippen LogP contribution in [0, 0.1) is 0 Å². The van der Waals surface area contributed by atoms with Crippen LogP contribution in [0.5, 0.6) is 0 Å². The Morgan fingerprint density at radius 1 is 1.42 bits per heavy atom. The summed E-state index contributed by atoms with van der Waals surface area (Å²) in [5.41, 5.74) is 0. The van der Waals surface area contributed by atoms with Crippen molar-refractivity contribution in [1.29, 1.82) is 0 Å². The van der Waals surface area contributed by atoms with Crippen molar-refractivity contribution in [3.05, 3.63) is 12.3 Å². The molecular formula is C13H23N3O2S. The van der Waals surface area contributed by atoms with Crippen LogP contribution in [0.4, 0.5) is 0 Å². The van der Waals surface area contributed by atoms with Gasteiger partial charge in [0.1, 0.15) is 5.37 Å². The molecular weight excluding hydrogens is 262 g/mol. The van der Waals surface area contributed by atoms with E-state index < -0.39 is 0 Å². The van der Waals surface area contributed by atoms with Crippen molar-refractivity contribution >= 4 is 17.7 Å². The Morgan fingerprint density at radius 3 is 2.89 bits per heavy atom. The van der Waals surface area contributed by atoms with Gasteiger partial charge in [0.2, 0.25) is 0 Å². The Bertz CT molecular complexity index is 328. The fourth-order valence-corrected chi connectivity index (χ4v) is 2.68. The van der Waals surface area contributed by atoms with Crippen LogP contribution in [-0.4, -0.2) is 62.0 Å². The Balaban J connectivity index is 1.75. The van der Waals surface area contributed by atoms with Crippen LogP contribution >= 0.6 is 11.8 Å². The van der Waals surface area contributed by atoms with E-state index in [0.717, 1.165) is 31.9 Å². The number of likely N-dealkylation sites (tertiary alicyclic amines) is 1. The minimum atomic E-state index is 0.243. The first-order valence-corrected chi connectivity index (χ1v) is 8.01. The Labute approximate surface area is 119 Å². The maximum Gasteiger partial charge on any atom is 0.199 e. The van der Waals surface area contributed by atoms with Gasteiger partial charge in [-0.2, -0.15) is 0 Å². The minimum Gasteiger partial charge on any atom is -0.382 e. The molecule has 0 spiro atoms. The summed E-state index contributed by atoms with van der Waals surface area (Å²) in [6.07, 6.45) is 8.62. The zero-order valence-corrected chi connectivity index (χ0v) is 12.5. The van der Waals surface area contributed by atoms with E-state index >= 15 is 0 Å². The van der Waals surface area contributed by atoms with E-state index in [9.17, 15) is 0 Å². The molecule has 1 atom stereocenters. The topological polar surface area (TPSA) is 46.1 Å². The van der Waals surface area contributed by atoms with E-state index in [1.807, 2.05) is 6.20 Å². The third-order valence-electron chi connectivity index (χ3n) is 3.35. The molecule has 5 nitrogen and oxygen atoms in total. The number of rotatable bonds is 5. The molecule has 0 amide bonds. The summed E-state index contributed by atoms with van der Waals surface area (Å²) in [7, 11) is 1.70. The average molecular weight is 285 g/mol. The SMILES string of the molecule is COCCOC1CCN(C2=NC(SC)C=CN2)CC1. The number of hydrogen-bond donors (Lipinski definition) is 1. The fourth-order valence-electron chi connectivity index (χ4n) is 2.24. The lowest BCUT2D eigenvalue weighted by atomic mass is 10.1. The second kappa shape index (κ2) is 7.77. The molecule has 1 fully saturated rings. The smallest absolute Gasteiger partial charge is 0.199 e. The zero-order chi connectivity index (χ0) is 13.5. The van der Waals surface area contributed by atoms with Gasteiger partial charge in [-0.1, -0.05) is 0 Å². The zero-order valence-electron chi connectivity index (χ0n) is 11.7. The molecule has 1 saturated heterocycles. The molecule has 0 saturated carbocycles. The number of nitrogens with one attached hydrogen (secondary N) is 1. The summed E-state index contributed by atoms with van der Waals surface area (Å²) < 4.78 is 10.8. The van der Waals surface area contributed by atoms with E-state index in [1.54, 1.807) is 18.9 Å². The van der Waals surface area contributed by atoms with Crippen LogP contribution in [-0.2, 0) is 9.47 Å². The van der Waals surface area contributed by atoms with Crippen molar-refractivity contribution in [3.8, 4) is 0 Å². The van der Waals surface area contributed by atoms with Gasteiger partial charge in [0, 0.05) is 26.4 Å². The summed E-state index contributed by atoms with van der Waals surface area (Å²) in [6.45, 7) is 3.36. The average Bonchev–Trinajstić information content (AvgIpc) is 2.48. The van der Waals surface area contributed by atoms with Gasteiger partial charge in [-0.3, -0.25) is 0 Å². The van der Waals surface area contributed by atoms with Crippen molar-refractivity contribution in [2.45, 2.75) is 24.3 Å². The summed E-state index contributed by atoms with van der Waals surface area (Å²) in [5.74, 6) is 0.997. The number of methoxy groups -OCH3 is 1. The quantitative estimate of drug-likeness (QED) is 0.771. The molecule has 2 aliphatic rings. The lowest BCUT2D eigenvalue weighted by Crippen LogP contribution is -2.47. The third kappa shape index (κ3) is 4.40. The van der Waals surface area contributed by atoms with Crippen molar-refractivity contribution in [3.63, 3.8) is 0 Å². The number of piperidine rings is 1. The van der Waals surface area contributed by atoms with Crippen LogP contribution < -0.4 is 5.32 Å². The summed E-state index contributed by atoms with van der Waals surface area (Å²) in [5, 5.41) is 3.48. The molecule has 1 N–H and O–H groups in total. The molecule has 2 aliphatic heterocycles. The van der Waals surface area contributed by atoms with Crippen LogP contribution in [0.25, 0.3) is 0 Å². The second-order valence-corrected chi connectivity index (χ2v) is 5.59. The summed E-state index contributed by atoms with van der Waals surface area (Å²) in [4.78, 5) is 6.98. The van der Waals surface area contributed by atoms with Gasteiger partial charge in [-0.05, 0) is 25.2 Å². The van der Waals surface area contributed by atoms with Gasteiger partial charge in [-0.15, -0.1) is 11.8 Å². The monoisotopic (exact) mass is 285 g/mol. The highest BCUT2D eigenvalue weighted by molar-refractivity contribution is 7.99. The van der Waals surface area contributed by atoms with Gasteiger partial charge >= 0.3 is 0 Å². The molecule has 6 heteroatoms. The molecule has 2 heterocycles. The lowest BCUT2D eigenvalue weighted by molar-refractivity contribution is -0.00670. The number of thioether (sulfide) groups is 1. The highest BCUT2D eigenvalue weighted by Gasteiger charge is 2.23. The third-order valence-corrected chi connectivity index (χ3v) is 4.09. The Hall–Kier alpha value is -0.720. The molecule has 0 aromatic rings. The van der Waals surface area contributed by atoms with Crippen LogP contribution in [0.15, 0.2) is 17.3 Å². The minimum absolute atomic E-state index is 0.243. The number of aliphatic imine (C=N–C) groups is 1. The number of nitrogens with zero attached hydrogens (tertiary/aromatic N) is 2. The molecule has 0 radical (unpaired) electrons. The highest BCUT2D eigenvalue weighted by atomic mass is 32.2. The largest absolute Gasteiger partial charge is 0.382 e. The lowest BCUT2D eigenvalue weighted by Gasteiger charge is -2.35. The molecule has 108 valence electrons. The molecule has 2 rings (SSSR count). The first-order valence-electron chi connectivity index (χ1n) is 6.72. The molecule has 19 heavy (non-hydrogen) atoms. The van der Waals surface area contributed by atoms with E-state index in [4.69, 9.17) is 9.47 Å². The van der Waals surface area contributed by atoms with E-state index in [0.29, 0.717) is 19.3 Å². The highest BCUT2D eigenvalue weighted by Crippen LogP contribution is 2.17. The maximum atomic E-state index is 5.77. The van der Waals surface area contributed by atoms with Gasteiger partial charge < -0.3 is 19.7 Å². The maximum absolute atomic E-state index is 5.77. The molecule has 0 aliphatic carbocycles. The standard InChI is InChI=1S/C13H23N3O2S/c1-17-9-10-18-11-4-7-16(8-5-11)13-14-6-3-12(15-13)19-2/h3,6,11-12H,4-5,7-10H2,1-2H3,(H,14,15). The normalized spacial score (nSPS) is 24.2. The first kappa shape index (κ1) is 14.7. The Kier molecular flexibility index (Phi) is 6.00. The van der Waals surface area contributed by atoms with Crippen molar-refractivity contribution in [2.24, 2.45) is 4.99 Å². The van der Waals surface area contributed by atoms with Crippen LogP contribution in [0.1, 0.15) is 12.8 Å². The van der Waals surface area contributed by atoms with Crippen molar-refractivity contribution < 1.29 is 9.47 Å². The fraction of sp³-hybridized carbons (Fsp3) is 0.769. The van der Waals surface area contributed by atoms with E-state index in [-0.39, 0.29) is 5.37 Å². The number of ether oxygens (including phenoxy) is 2. The summed E-state index contributed by atoms with van der Waals surface area (Å²) in [6, 6.07) is 0. The molecule has 0 aromatic carbocycles.